The minimum absolute atomic E-state index is 0.214. The van der Waals surface area contributed by atoms with Crippen LogP contribution in [0.2, 0.25) is 0 Å². The molecule has 0 aliphatic carbocycles. The first kappa shape index (κ1) is 18.1. The molecule has 3 rings (SSSR count). The molecule has 1 aliphatic rings. The molecule has 1 fully saturated rings. The van der Waals surface area contributed by atoms with Crippen LogP contribution in [0.5, 0.6) is 0 Å². The van der Waals surface area contributed by atoms with Crippen molar-refractivity contribution in [1.82, 2.24) is 4.31 Å². The molecule has 1 saturated heterocycles. The topological polar surface area (TPSA) is 46.6 Å². The monoisotopic (exact) mass is 359 g/mol. The molecule has 0 radical (unpaired) electrons. The van der Waals surface area contributed by atoms with E-state index in [1.165, 1.54) is 0 Å². The number of ether oxygens (including phenoxy) is 1. The highest BCUT2D eigenvalue weighted by Crippen LogP contribution is 2.40. The summed E-state index contributed by atoms with van der Waals surface area (Å²) in [6.45, 7) is 3.20. The Bertz CT molecular complexity index is 762. The van der Waals surface area contributed by atoms with E-state index in [1.807, 2.05) is 60.7 Å². The number of rotatable bonds is 7. The van der Waals surface area contributed by atoms with Crippen LogP contribution in [-0.4, -0.2) is 31.6 Å². The third-order valence-corrected chi connectivity index (χ3v) is 6.43. The Morgan fingerprint density at radius 2 is 1.60 bits per heavy atom. The van der Waals surface area contributed by atoms with E-state index in [0.29, 0.717) is 19.6 Å². The Kier molecular flexibility index (Phi) is 5.89. The third kappa shape index (κ3) is 4.11. The van der Waals surface area contributed by atoms with Crippen LogP contribution in [0.1, 0.15) is 43.0 Å². The highest BCUT2D eigenvalue weighted by Gasteiger charge is 2.40. The van der Waals surface area contributed by atoms with Gasteiger partial charge in [-0.2, -0.15) is 4.31 Å². The summed E-state index contributed by atoms with van der Waals surface area (Å²) in [6.07, 6.45) is 1.23. The first-order valence-electron chi connectivity index (χ1n) is 8.84. The molecular weight excluding hydrogens is 334 g/mol. The molecule has 25 heavy (non-hydrogen) atoms. The van der Waals surface area contributed by atoms with Gasteiger partial charge in [-0.05, 0) is 24.0 Å². The molecule has 1 heterocycles. The minimum Gasteiger partial charge on any atom is -0.371 e. The lowest BCUT2D eigenvalue weighted by Crippen LogP contribution is -2.35. The molecule has 0 amide bonds. The lowest BCUT2D eigenvalue weighted by Gasteiger charge is -2.34. The summed E-state index contributed by atoms with van der Waals surface area (Å²) in [5.74, 6) is 0.214. The Hall–Kier alpha value is -1.69. The first-order valence-corrected chi connectivity index (χ1v) is 10.5. The molecule has 0 spiro atoms. The summed E-state index contributed by atoms with van der Waals surface area (Å²) in [5, 5.41) is 0. The maximum absolute atomic E-state index is 12.7. The van der Waals surface area contributed by atoms with Crippen molar-refractivity contribution in [3.63, 3.8) is 0 Å². The zero-order chi connectivity index (χ0) is 17.7. The molecule has 2 aromatic carbocycles. The van der Waals surface area contributed by atoms with E-state index in [4.69, 9.17) is 4.74 Å². The van der Waals surface area contributed by atoms with Crippen molar-refractivity contribution < 1.29 is 13.2 Å². The second kappa shape index (κ2) is 8.13. The van der Waals surface area contributed by atoms with E-state index >= 15 is 0 Å². The molecule has 0 bridgehead atoms. The minimum atomic E-state index is -3.26. The molecule has 0 unspecified atom stereocenters. The van der Waals surface area contributed by atoms with Gasteiger partial charge in [0.1, 0.15) is 6.10 Å². The van der Waals surface area contributed by atoms with Gasteiger partial charge in [0.15, 0.2) is 0 Å². The molecule has 134 valence electrons. The van der Waals surface area contributed by atoms with Crippen molar-refractivity contribution in [3.05, 3.63) is 71.8 Å². The van der Waals surface area contributed by atoms with E-state index in [1.54, 1.807) is 4.31 Å². The van der Waals surface area contributed by atoms with Gasteiger partial charge >= 0.3 is 0 Å². The number of hydrogen-bond donors (Lipinski definition) is 0. The lowest BCUT2D eigenvalue weighted by molar-refractivity contribution is 0.00549. The average Bonchev–Trinajstić information content (AvgIpc) is 2.99. The molecule has 2 aromatic rings. The molecule has 2 atom stereocenters. The Morgan fingerprint density at radius 1 is 1.00 bits per heavy atom. The fourth-order valence-corrected chi connectivity index (χ4v) is 5.08. The number of hydrogen-bond acceptors (Lipinski definition) is 3. The Balaban J connectivity index is 2.07. The van der Waals surface area contributed by atoms with Crippen LogP contribution in [0, 0.1) is 0 Å². The lowest BCUT2D eigenvalue weighted by atomic mass is 9.95. The highest BCUT2D eigenvalue weighted by molar-refractivity contribution is 7.89. The number of nitrogens with zero attached hydrogens (tertiary/aromatic N) is 1. The maximum Gasteiger partial charge on any atom is 0.214 e. The fraction of sp³-hybridized carbons (Fsp3) is 0.400. The van der Waals surface area contributed by atoms with Gasteiger partial charge < -0.3 is 4.74 Å². The van der Waals surface area contributed by atoms with Crippen LogP contribution in [0.4, 0.5) is 0 Å². The standard InChI is InChI=1S/C20H25NO3S/c1-2-15-24-20(18-12-7-4-8-13-18)19(17-10-5-3-6-11-17)21-14-9-16-25(21,22)23/h3-8,10-13,19-20H,2,9,14-16H2,1H3/t19-,20+/m0/s1. The molecule has 0 saturated carbocycles. The molecule has 1 aliphatic heterocycles. The Labute approximate surface area is 150 Å². The van der Waals surface area contributed by atoms with Crippen molar-refractivity contribution >= 4 is 10.0 Å². The van der Waals surface area contributed by atoms with Crippen LogP contribution < -0.4 is 0 Å². The van der Waals surface area contributed by atoms with Gasteiger partial charge in [0, 0.05) is 13.2 Å². The van der Waals surface area contributed by atoms with Gasteiger partial charge in [-0.15, -0.1) is 0 Å². The second-order valence-electron chi connectivity index (χ2n) is 6.34. The maximum atomic E-state index is 12.7. The highest BCUT2D eigenvalue weighted by atomic mass is 32.2. The summed E-state index contributed by atoms with van der Waals surface area (Å²) < 4.78 is 33.1. The third-order valence-electron chi connectivity index (χ3n) is 4.51. The fourth-order valence-electron chi connectivity index (χ4n) is 3.37. The smallest absolute Gasteiger partial charge is 0.214 e. The zero-order valence-corrected chi connectivity index (χ0v) is 15.4. The van der Waals surface area contributed by atoms with E-state index < -0.39 is 10.0 Å². The van der Waals surface area contributed by atoms with Crippen LogP contribution >= 0.6 is 0 Å². The van der Waals surface area contributed by atoms with Crippen LogP contribution in [0.15, 0.2) is 60.7 Å². The molecule has 0 aromatic heterocycles. The normalized spacial score (nSPS) is 19.6. The van der Waals surface area contributed by atoms with Crippen molar-refractivity contribution in [1.29, 1.82) is 0 Å². The van der Waals surface area contributed by atoms with Crippen LogP contribution in [-0.2, 0) is 14.8 Å². The summed E-state index contributed by atoms with van der Waals surface area (Å²) in [6, 6.07) is 19.4. The number of benzene rings is 2. The van der Waals surface area contributed by atoms with Gasteiger partial charge in [-0.25, -0.2) is 8.42 Å². The van der Waals surface area contributed by atoms with Crippen molar-refractivity contribution in [2.24, 2.45) is 0 Å². The predicted octanol–water partition coefficient (Wildman–Crippen LogP) is 3.93. The molecule has 0 N–H and O–H groups in total. The van der Waals surface area contributed by atoms with Crippen molar-refractivity contribution in [2.45, 2.75) is 31.9 Å². The average molecular weight is 359 g/mol. The largest absolute Gasteiger partial charge is 0.371 e. The molecule has 5 heteroatoms. The van der Waals surface area contributed by atoms with Crippen molar-refractivity contribution in [2.75, 3.05) is 18.9 Å². The summed E-state index contributed by atoms with van der Waals surface area (Å²) >= 11 is 0. The SMILES string of the molecule is CCCO[C@H](c1ccccc1)[C@H](c1ccccc1)N1CCCS1(=O)=O. The quantitative estimate of drug-likeness (QED) is 0.752. The zero-order valence-electron chi connectivity index (χ0n) is 14.5. The van der Waals surface area contributed by atoms with Crippen molar-refractivity contribution in [3.8, 4) is 0 Å². The summed E-state index contributed by atoms with van der Waals surface area (Å²) in [4.78, 5) is 0. The molecule has 4 nitrogen and oxygen atoms in total. The van der Waals surface area contributed by atoms with E-state index in [0.717, 1.165) is 17.5 Å². The summed E-state index contributed by atoms with van der Waals surface area (Å²) in [7, 11) is -3.26. The van der Waals surface area contributed by atoms with E-state index in [2.05, 4.69) is 6.92 Å². The van der Waals surface area contributed by atoms with E-state index in [-0.39, 0.29) is 17.9 Å². The second-order valence-corrected chi connectivity index (χ2v) is 8.38. The number of sulfonamides is 1. The van der Waals surface area contributed by atoms with Gasteiger partial charge in [0.25, 0.3) is 0 Å². The summed E-state index contributed by atoms with van der Waals surface area (Å²) in [5.41, 5.74) is 1.98. The van der Waals surface area contributed by atoms with Gasteiger partial charge in [0.2, 0.25) is 10.0 Å². The van der Waals surface area contributed by atoms with Crippen LogP contribution in [0.3, 0.4) is 0 Å². The van der Waals surface area contributed by atoms with Gasteiger partial charge in [-0.3, -0.25) is 0 Å². The van der Waals surface area contributed by atoms with E-state index in [9.17, 15) is 8.42 Å². The van der Waals surface area contributed by atoms with Gasteiger partial charge in [-0.1, -0.05) is 67.6 Å². The Morgan fingerprint density at radius 3 is 2.12 bits per heavy atom. The van der Waals surface area contributed by atoms with Crippen LogP contribution in [0.25, 0.3) is 0 Å². The van der Waals surface area contributed by atoms with Gasteiger partial charge in [0.05, 0.1) is 11.8 Å². The molecular formula is C20H25NO3S. The first-order chi connectivity index (χ1) is 12.1. The predicted molar refractivity (Wildman–Crippen MR) is 99.7 cm³/mol.